The summed E-state index contributed by atoms with van der Waals surface area (Å²) in [5.74, 6) is -0.502. The SMILES string of the molecule is CCc1cc2oc(=O)cc(COC(=O)CCn3cnc4ccccc4c3=O)c2cc1Cl. The molecule has 2 aromatic carbocycles. The summed E-state index contributed by atoms with van der Waals surface area (Å²) >= 11 is 6.29. The van der Waals surface area contributed by atoms with Crippen molar-refractivity contribution in [2.75, 3.05) is 0 Å². The van der Waals surface area contributed by atoms with Crippen LogP contribution in [-0.4, -0.2) is 15.5 Å². The van der Waals surface area contributed by atoms with Crippen LogP contribution >= 0.6 is 11.6 Å². The third-order valence-electron chi connectivity index (χ3n) is 5.06. The van der Waals surface area contributed by atoms with Gasteiger partial charge in [-0.3, -0.25) is 14.2 Å². The lowest BCUT2D eigenvalue weighted by Gasteiger charge is -2.10. The van der Waals surface area contributed by atoms with E-state index in [1.807, 2.05) is 6.92 Å². The lowest BCUT2D eigenvalue weighted by molar-refractivity contribution is -0.145. The highest BCUT2D eigenvalue weighted by Crippen LogP contribution is 2.26. The van der Waals surface area contributed by atoms with E-state index >= 15 is 0 Å². The quantitative estimate of drug-likeness (QED) is 0.335. The minimum atomic E-state index is -0.531. The fourth-order valence-corrected chi connectivity index (χ4v) is 3.68. The normalized spacial score (nSPS) is 11.2. The zero-order chi connectivity index (χ0) is 22.0. The third-order valence-corrected chi connectivity index (χ3v) is 5.41. The van der Waals surface area contributed by atoms with E-state index in [0.29, 0.717) is 38.9 Å². The second kappa shape index (κ2) is 8.73. The molecule has 7 nitrogen and oxygen atoms in total. The molecule has 0 spiro atoms. The maximum atomic E-state index is 12.5. The minimum absolute atomic E-state index is 0.0139. The summed E-state index contributed by atoms with van der Waals surface area (Å²) in [5, 5.41) is 1.66. The maximum absolute atomic E-state index is 12.5. The van der Waals surface area contributed by atoms with Crippen LogP contribution in [0, 0.1) is 0 Å². The highest BCUT2D eigenvalue weighted by atomic mass is 35.5. The number of aryl methyl sites for hydroxylation is 2. The molecule has 4 aromatic rings. The number of nitrogens with zero attached hydrogens (tertiary/aromatic N) is 2. The zero-order valence-electron chi connectivity index (χ0n) is 16.8. The van der Waals surface area contributed by atoms with Gasteiger partial charge in [0.25, 0.3) is 5.56 Å². The summed E-state index contributed by atoms with van der Waals surface area (Å²) in [6, 6.07) is 11.7. The molecule has 0 aliphatic rings. The Bertz CT molecular complexity index is 1410. The number of carbonyl (C=O) groups excluding carboxylic acids is 1. The molecule has 0 amide bonds. The first-order valence-electron chi connectivity index (χ1n) is 9.81. The van der Waals surface area contributed by atoms with Crippen LogP contribution in [0.15, 0.2) is 62.8 Å². The van der Waals surface area contributed by atoms with Crippen molar-refractivity contribution in [3.05, 3.63) is 85.7 Å². The Kier molecular flexibility index (Phi) is 5.86. The van der Waals surface area contributed by atoms with Crippen LogP contribution in [0.5, 0.6) is 0 Å². The van der Waals surface area contributed by atoms with Crippen LogP contribution in [0.25, 0.3) is 21.9 Å². The van der Waals surface area contributed by atoms with Gasteiger partial charge in [-0.1, -0.05) is 30.7 Å². The molecule has 0 atom stereocenters. The first kappa shape index (κ1) is 20.8. The molecule has 0 saturated carbocycles. The van der Waals surface area contributed by atoms with Crippen molar-refractivity contribution >= 4 is 39.4 Å². The van der Waals surface area contributed by atoms with Crippen LogP contribution in [-0.2, 0) is 29.1 Å². The van der Waals surface area contributed by atoms with Gasteiger partial charge in [-0.05, 0) is 36.2 Å². The average Bonchev–Trinajstić information content (AvgIpc) is 2.77. The molecule has 0 aliphatic carbocycles. The van der Waals surface area contributed by atoms with E-state index < -0.39 is 11.6 Å². The van der Waals surface area contributed by atoms with E-state index in [0.717, 1.165) is 5.56 Å². The first-order chi connectivity index (χ1) is 15.0. The smallest absolute Gasteiger partial charge is 0.336 e. The molecule has 0 aliphatic heterocycles. The van der Waals surface area contributed by atoms with Crippen molar-refractivity contribution in [1.82, 2.24) is 9.55 Å². The highest BCUT2D eigenvalue weighted by Gasteiger charge is 2.12. The van der Waals surface area contributed by atoms with E-state index in [-0.39, 0.29) is 25.1 Å². The monoisotopic (exact) mass is 438 g/mol. The number of rotatable bonds is 6. The number of esters is 1. The number of ether oxygens (including phenoxy) is 1. The summed E-state index contributed by atoms with van der Waals surface area (Å²) in [5.41, 5.74) is 1.62. The van der Waals surface area contributed by atoms with E-state index in [4.69, 9.17) is 20.8 Å². The molecule has 4 rings (SSSR count). The molecule has 0 fully saturated rings. The van der Waals surface area contributed by atoms with E-state index in [2.05, 4.69) is 4.98 Å². The van der Waals surface area contributed by atoms with E-state index in [9.17, 15) is 14.4 Å². The zero-order valence-corrected chi connectivity index (χ0v) is 17.5. The van der Waals surface area contributed by atoms with Gasteiger partial charge in [0.05, 0.1) is 23.7 Å². The molecule has 8 heteroatoms. The number of halogens is 1. The molecular formula is C23H19ClN2O5. The summed E-state index contributed by atoms with van der Waals surface area (Å²) in [4.78, 5) is 40.9. The summed E-state index contributed by atoms with van der Waals surface area (Å²) in [6.45, 7) is 1.99. The second-order valence-corrected chi connectivity index (χ2v) is 7.46. The number of hydrogen-bond donors (Lipinski definition) is 0. The van der Waals surface area contributed by atoms with Crippen molar-refractivity contribution < 1.29 is 13.9 Å². The molecule has 0 saturated heterocycles. The molecule has 31 heavy (non-hydrogen) atoms. The Hall–Kier alpha value is -3.45. The molecule has 158 valence electrons. The van der Waals surface area contributed by atoms with Crippen molar-refractivity contribution in [2.45, 2.75) is 32.9 Å². The topological polar surface area (TPSA) is 91.4 Å². The van der Waals surface area contributed by atoms with E-state index in [1.54, 1.807) is 36.4 Å². The Balaban J connectivity index is 1.47. The number of aromatic nitrogens is 2. The Morgan fingerprint density at radius 2 is 1.94 bits per heavy atom. The highest BCUT2D eigenvalue weighted by molar-refractivity contribution is 6.32. The predicted octanol–water partition coefficient (Wildman–Crippen LogP) is 3.85. The number of benzene rings is 2. The largest absolute Gasteiger partial charge is 0.461 e. The average molecular weight is 439 g/mol. The fourth-order valence-electron chi connectivity index (χ4n) is 3.39. The molecule has 0 unspecified atom stereocenters. The Morgan fingerprint density at radius 1 is 1.13 bits per heavy atom. The molecule has 0 N–H and O–H groups in total. The van der Waals surface area contributed by atoms with Gasteiger partial charge in [-0.15, -0.1) is 0 Å². The first-order valence-corrected chi connectivity index (χ1v) is 10.2. The number of fused-ring (bicyclic) bond motifs is 2. The van der Waals surface area contributed by atoms with Gasteiger partial charge in [0.1, 0.15) is 12.2 Å². The van der Waals surface area contributed by atoms with Gasteiger partial charge in [-0.25, -0.2) is 9.78 Å². The van der Waals surface area contributed by atoms with Gasteiger partial charge in [0, 0.05) is 28.6 Å². The fraction of sp³-hybridized carbons (Fsp3) is 0.217. The minimum Gasteiger partial charge on any atom is -0.461 e. The molecule has 2 aromatic heterocycles. The van der Waals surface area contributed by atoms with Gasteiger partial charge in [-0.2, -0.15) is 0 Å². The molecule has 0 radical (unpaired) electrons. The van der Waals surface area contributed by atoms with Crippen molar-refractivity contribution in [3.8, 4) is 0 Å². The van der Waals surface area contributed by atoms with Crippen LogP contribution in [0.2, 0.25) is 5.02 Å². The standard InChI is InChI=1S/C23H19ClN2O5/c1-2-14-9-20-17(11-18(14)24)15(10-22(28)31-20)12-30-21(27)7-8-26-13-25-19-6-4-3-5-16(19)23(26)29/h3-6,9-11,13H,2,7-8,12H2,1H3. The molecular weight excluding hydrogens is 420 g/mol. The number of para-hydroxylation sites is 1. The van der Waals surface area contributed by atoms with Crippen molar-refractivity contribution in [1.29, 1.82) is 0 Å². The maximum Gasteiger partial charge on any atom is 0.336 e. The Labute approximate surface area is 181 Å². The van der Waals surface area contributed by atoms with Crippen LogP contribution in [0.1, 0.15) is 24.5 Å². The summed E-state index contributed by atoms with van der Waals surface area (Å²) in [6.07, 6.45) is 2.10. The lowest BCUT2D eigenvalue weighted by atomic mass is 10.1. The third kappa shape index (κ3) is 4.36. The second-order valence-electron chi connectivity index (χ2n) is 7.05. The Morgan fingerprint density at radius 3 is 2.74 bits per heavy atom. The van der Waals surface area contributed by atoms with Gasteiger partial charge < -0.3 is 9.15 Å². The lowest BCUT2D eigenvalue weighted by Crippen LogP contribution is -2.22. The van der Waals surface area contributed by atoms with Crippen molar-refractivity contribution in [2.24, 2.45) is 0 Å². The van der Waals surface area contributed by atoms with Gasteiger partial charge in [0.15, 0.2) is 0 Å². The van der Waals surface area contributed by atoms with Crippen LogP contribution in [0.4, 0.5) is 0 Å². The summed E-state index contributed by atoms with van der Waals surface area (Å²) in [7, 11) is 0. The van der Waals surface area contributed by atoms with E-state index in [1.165, 1.54) is 17.0 Å². The van der Waals surface area contributed by atoms with Gasteiger partial charge >= 0.3 is 11.6 Å². The van der Waals surface area contributed by atoms with Gasteiger partial charge in [0.2, 0.25) is 0 Å². The number of hydrogen-bond acceptors (Lipinski definition) is 6. The number of carbonyl (C=O) groups is 1. The predicted molar refractivity (Wildman–Crippen MR) is 117 cm³/mol. The molecule has 0 bridgehead atoms. The molecule has 2 heterocycles. The van der Waals surface area contributed by atoms with Crippen LogP contribution < -0.4 is 11.2 Å². The van der Waals surface area contributed by atoms with Crippen molar-refractivity contribution in [3.63, 3.8) is 0 Å². The summed E-state index contributed by atoms with van der Waals surface area (Å²) < 4.78 is 12.0. The van der Waals surface area contributed by atoms with Crippen LogP contribution in [0.3, 0.4) is 0 Å².